The van der Waals surface area contributed by atoms with Crippen molar-refractivity contribution in [2.45, 2.75) is 32.3 Å². The average Bonchev–Trinajstić information content (AvgIpc) is 2.96. The molecule has 1 fully saturated rings. The lowest BCUT2D eigenvalue weighted by molar-refractivity contribution is 0.0168. The highest BCUT2D eigenvalue weighted by molar-refractivity contribution is 5.89. The van der Waals surface area contributed by atoms with Crippen molar-refractivity contribution in [1.29, 1.82) is 0 Å². The number of hydrogen-bond donors (Lipinski definition) is 2. The van der Waals surface area contributed by atoms with E-state index in [1.165, 1.54) is 0 Å². The predicted molar refractivity (Wildman–Crippen MR) is 82.6 cm³/mol. The number of aryl methyl sites for hydroxylation is 1. The second-order valence-corrected chi connectivity index (χ2v) is 5.31. The molecule has 0 aromatic heterocycles. The summed E-state index contributed by atoms with van der Waals surface area (Å²) in [4.78, 5) is 11.7. The molecule has 5 heteroatoms. The van der Waals surface area contributed by atoms with Gasteiger partial charge < -0.3 is 20.1 Å². The standard InChI is InChI=1S/C16H24N2O3/c1-13-5-2-6-14(11-13)18-16(19)17-8-4-9-20-12-15-7-3-10-21-15/h2,5-6,11,15H,3-4,7-10,12H2,1H3,(H2,17,18,19)/t15-/m0/s1. The minimum Gasteiger partial charge on any atom is -0.379 e. The maximum Gasteiger partial charge on any atom is 0.319 e. The molecule has 0 radical (unpaired) electrons. The van der Waals surface area contributed by atoms with Gasteiger partial charge in [-0.15, -0.1) is 0 Å². The highest BCUT2D eigenvalue weighted by atomic mass is 16.5. The van der Waals surface area contributed by atoms with Crippen LogP contribution >= 0.6 is 0 Å². The summed E-state index contributed by atoms with van der Waals surface area (Å²) in [5, 5.41) is 5.63. The monoisotopic (exact) mass is 292 g/mol. The fourth-order valence-electron chi connectivity index (χ4n) is 2.26. The Bertz CT molecular complexity index is 445. The first kappa shape index (κ1) is 15.8. The number of urea groups is 1. The summed E-state index contributed by atoms with van der Waals surface area (Å²) in [5.41, 5.74) is 1.93. The van der Waals surface area contributed by atoms with Crippen LogP contribution in [0.5, 0.6) is 0 Å². The first-order valence-electron chi connectivity index (χ1n) is 7.55. The van der Waals surface area contributed by atoms with Gasteiger partial charge in [0.25, 0.3) is 0 Å². The zero-order chi connectivity index (χ0) is 14.9. The van der Waals surface area contributed by atoms with Gasteiger partial charge in [0, 0.05) is 25.4 Å². The zero-order valence-electron chi connectivity index (χ0n) is 12.6. The molecule has 1 aliphatic rings. The fraction of sp³-hybridized carbons (Fsp3) is 0.562. The zero-order valence-corrected chi connectivity index (χ0v) is 12.6. The molecular formula is C16H24N2O3. The Kier molecular flexibility index (Phi) is 6.50. The Morgan fingerprint density at radius 1 is 1.48 bits per heavy atom. The molecule has 2 N–H and O–H groups in total. The Labute approximate surface area is 126 Å². The fourth-order valence-corrected chi connectivity index (χ4v) is 2.26. The van der Waals surface area contributed by atoms with Gasteiger partial charge in [0.05, 0.1) is 12.7 Å². The molecule has 1 aromatic rings. The lowest BCUT2D eigenvalue weighted by Gasteiger charge is -2.11. The summed E-state index contributed by atoms with van der Waals surface area (Å²) in [5.74, 6) is 0. The third kappa shape index (κ3) is 6.14. The number of nitrogens with one attached hydrogen (secondary N) is 2. The number of hydrogen-bond acceptors (Lipinski definition) is 3. The van der Waals surface area contributed by atoms with Crippen molar-refractivity contribution in [1.82, 2.24) is 5.32 Å². The highest BCUT2D eigenvalue weighted by Gasteiger charge is 2.14. The maximum absolute atomic E-state index is 11.7. The molecule has 0 saturated carbocycles. The molecule has 0 aliphatic carbocycles. The largest absolute Gasteiger partial charge is 0.379 e. The number of benzene rings is 1. The molecule has 1 aromatic carbocycles. The van der Waals surface area contributed by atoms with E-state index in [-0.39, 0.29) is 12.1 Å². The number of anilines is 1. The molecule has 1 aliphatic heterocycles. The average molecular weight is 292 g/mol. The number of carbonyl (C=O) groups excluding carboxylic acids is 1. The summed E-state index contributed by atoms with van der Waals surface area (Å²) in [6, 6.07) is 7.54. The Morgan fingerprint density at radius 2 is 2.38 bits per heavy atom. The van der Waals surface area contributed by atoms with Crippen LogP contribution in [0.25, 0.3) is 0 Å². The van der Waals surface area contributed by atoms with Crippen LogP contribution < -0.4 is 10.6 Å². The molecule has 5 nitrogen and oxygen atoms in total. The van der Waals surface area contributed by atoms with Crippen LogP contribution in [0.4, 0.5) is 10.5 Å². The van der Waals surface area contributed by atoms with Gasteiger partial charge in [-0.25, -0.2) is 4.79 Å². The SMILES string of the molecule is Cc1cccc(NC(=O)NCCCOC[C@@H]2CCCO2)c1. The summed E-state index contributed by atoms with van der Waals surface area (Å²) < 4.78 is 11.0. The normalized spacial score (nSPS) is 17.7. The van der Waals surface area contributed by atoms with E-state index in [2.05, 4.69) is 10.6 Å². The number of ether oxygens (including phenoxy) is 2. The minimum atomic E-state index is -0.181. The van der Waals surface area contributed by atoms with Gasteiger partial charge in [0.1, 0.15) is 0 Å². The van der Waals surface area contributed by atoms with E-state index in [1.54, 1.807) is 0 Å². The van der Waals surface area contributed by atoms with Gasteiger partial charge in [-0.2, -0.15) is 0 Å². The van der Waals surface area contributed by atoms with Crippen molar-refractivity contribution in [2.24, 2.45) is 0 Å². The number of carbonyl (C=O) groups is 1. The highest BCUT2D eigenvalue weighted by Crippen LogP contribution is 2.12. The van der Waals surface area contributed by atoms with Crippen molar-refractivity contribution in [3.8, 4) is 0 Å². The van der Waals surface area contributed by atoms with E-state index in [4.69, 9.17) is 9.47 Å². The van der Waals surface area contributed by atoms with Crippen LogP contribution in [-0.4, -0.2) is 38.5 Å². The van der Waals surface area contributed by atoms with Crippen LogP contribution in [0.15, 0.2) is 24.3 Å². The molecular weight excluding hydrogens is 268 g/mol. The van der Waals surface area contributed by atoms with E-state index in [0.29, 0.717) is 19.8 Å². The second-order valence-electron chi connectivity index (χ2n) is 5.31. The van der Waals surface area contributed by atoms with E-state index < -0.39 is 0 Å². The third-order valence-electron chi connectivity index (χ3n) is 3.35. The third-order valence-corrected chi connectivity index (χ3v) is 3.35. The van der Waals surface area contributed by atoms with Crippen molar-refractivity contribution in [3.05, 3.63) is 29.8 Å². The molecule has 2 amide bonds. The van der Waals surface area contributed by atoms with Crippen LogP contribution in [0.2, 0.25) is 0 Å². The van der Waals surface area contributed by atoms with E-state index in [9.17, 15) is 4.79 Å². The molecule has 0 unspecified atom stereocenters. The van der Waals surface area contributed by atoms with Gasteiger partial charge in [0.15, 0.2) is 0 Å². The lowest BCUT2D eigenvalue weighted by Crippen LogP contribution is -2.30. The first-order valence-corrected chi connectivity index (χ1v) is 7.55. The summed E-state index contributed by atoms with van der Waals surface area (Å²) in [6.07, 6.45) is 3.29. The molecule has 0 spiro atoms. The Morgan fingerprint density at radius 3 is 3.14 bits per heavy atom. The van der Waals surface area contributed by atoms with Gasteiger partial charge >= 0.3 is 6.03 Å². The molecule has 1 saturated heterocycles. The molecule has 1 heterocycles. The number of amides is 2. The van der Waals surface area contributed by atoms with Crippen molar-refractivity contribution < 1.29 is 14.3 Å². The van der Waals surface area contributed by atoms with Crippen LogP contribution in [0.3, 0.4) is 0 Å². The van der Waals surface area contributed by atoms with Gasteiger partial charge in [0.2, 0.25) is 0 Å². The van der Waals surface area contributed by atoms with Gasteiger partial charge in [-0.05, 0) is 43.9 Å². The van der Waals surface area contributed by atoms with Crippen LogP contribution in [0, 0.1) is 6.92 Å². The van der Waals surface area contributed by atoms with Crippen molar-refractivity contribution in [3.63, 3.8) is 0 Å². The van der Waals surface area contributed by atoms with Gasteiger partial charge in [-0.1, -0.05) is 12.1 Å². The second kappa shape index (κ2) is 8.64. The van der Waals surface area contributed by atoms with Crippen LogP contribution in [-0.2, 0) is 9.47 Å². The summed E-state index contributed by atoms with van der Waals surface area (Å²) in [7, 11) is 0. The lowest BCUT2D eigenvalue weighted by atomic mass is 10.2. The molecule has 0 bridgehead atoms. The van der Waals surface area contributed by atoms with E-state index in [0.717, 1.165) is 37.1 Å². The first-order chi connectivity index (χ1) is 10.2. The van der Waals surface area contributed by atoms with Crippen molar-refractivity contribution in [2.75, 3.05) is 31.7 Å². The topological polar surface area (TPSA) is 59.6 Å². The molecule has 2 rings (SSSR count). The molecule has 21 heavy (non-hydrogen) atoms. The number of rotatable bonds is 7. The van der Waals surface area contributed by atoms with E-state index in [1.807, 2.05) is 31.2 Å². The molecule has 116 valence electrons. The minimum absolute atomic E-state index is 0.181. The van der Waals surface area contributed by atoms with Gasteiger partial charge in [-0.3, -0.25) is 0 Å². The van der Waals surface area contributed by atoms with Crippen LogP contribution in [0.1, 0.15) is 24.8 Å². The van der Waals surface area contributed by atoms with E-state index >= 15 is 0 Å². The Hall–Kier alpha value is -1.59. The molecule has 1 atom stereocenters. The maximum atomic E-state index is 11.7. The summed E-state index contributed by atoms with van der Waals surface area (Å²) >= 11 is 0. The Balaban J connectivity index is 1.51. The quantitative estimate of drug-likeness (QED) is 0.760. The summed E-state index contributed by atoms with van der Waals surface area (Å²) in [6.45, 7) is 4.76. The smallest absolute Gasteiger partial charge is 0.319 e. The van der Waals surface area contributed by atoms with Crippen molar-refractivity contribution >= 4 is 11.7 Å². The predicted octanol–water partition coefficient (Wildman–Crippen LogP) is 2.70.